The molecule has 108 valence electrons. The van der Waals surface area contributed by atoms with Gasteiger partial charge < -0.3 is 9.30 Å². The number of benzene rings is 1. The first kappa shape index (κ1) is 14.5. The Labute approximate surface area is 118 Å². The van der Waals surface area contributed by atoms with Gasteiger partial charge in [0.2, 0.25) is 0 Å². The molecule has 0 radical (unpaired) electrons. The molecule has 0 N–H and O–H groups in total. The molecule has 0 amide bonds. The molecule has 1 aromatic heterocycles. The average molecular weight is 276 g/mol. The minimum atomic E-state index is -0.335. The zero-order chi connectivity index (χ0) is 14.5. The average Bonchev–Trinajstić information content (AvgIpc) is 2.81. The second-order valence-electron chi connectivity index (χ2n) is 5.28. The molecule has 5 nitrogen and oxygen atoms in total. The molecule has 20 heavy (non-hydrogen) atoms. The molecule has 2 rings (SSSR count). The summed E-state index contributed by atoms with van der Waals surface area (Å²) < 4.78 is 7.47. The fourth-order valence-corrected chi connectivity index (χ4v) is 2.16. The molecule has 0 spiro atoms. The molecule has 0 aliphatic heterocycles. The first-order valence-electron chi connectivity index (χ1n) is 6.89. The number of nitro groups is 1. The number of hydrogen-bond donors (Lipinski definition) is 0. The zero-order valence-electron chi connectivity index (χ0n) is 11.9. The van der Waals surface area contributed by atoms with Crippen LogP contribution in [0.2, 0.25) is 0 Å². The minimum absolute atomic E-state index is 0.148. The fraction of sp³-hybridized carbons (Fsp3) is 0.467. The maximum absolute atomic E-state index is 11.1. The van der Waals surface area contributed by atoms with Gasteiger partial charge in [0.1, 0.15) is 5.52 Å². The van der Waals surface area contributed by atoms with Crippen molar-refractivity contribution in [3.05, 3.63) is 40.6 Å². The van der Waals surface area contributed by atoms with Gasteiger partial charge in [-0.15, -0.1) is 0 Å². The highest BCUT2D eigenvalue weighted by molar-refractivity contribution is 5.88. The van der Waals surface area contributed by atoms with Gasteiger partial charge in [-0.25, -0.2) is 0 Å². The van der Waals surface area contributed by atoms with Gasteiger partial charge in [0.25, 0.3) is 5.69 Å². The molecule has 0 unspecified atom stereocenters. The van der Waals surface area contributed by atoms with Crippen LogP contribution in [0.1, 0.15) is 20.3 Å². The molecule has 0 saturated heterocycles. The summed E-state index contributed by atoms with van der Waals surface area (Å²) in [5.74, 6) is 0.628. The van der Waals surface area contributed by atoms with Crippen LogP contribution in [0.5, 0.6) is 0 Å². The minimum Gasteiger partial charge on any atom is -0.380 e. The number of hydrogen-bond acceptors (Lipinski definition) is 3. The third-order valence-corrected chi connectivity index (χ3v) is 3.28. The maximum atomic E-state index is 11.1. The molecular formula is C15H20N2O3. The summed E-state index contributed by atoms with van der Waals surface area (Å²) >= 11 is 0. The van der Waals surface area contributed by atoms with Crippen LogP contribution in [0.4, 0.5) is 5.69 Å². The molecule has 1 heterocycles. The van der Waals surface area contributed by atoms with Crippen molar-refractivity contribution in [2.75, 3.05) is 13.2 Å². The summed E-state index contributed by atoms with van der Waals surface area (Å²) in [5, 5.41) is 12.0. The summed E-state index contributed by atoms with van der Waals surface area (Å²) in [4.78, 5) is 10.7. The lowest BCUT2D eigenvalue weighted by Crippen LogP contribution is -2.07. The number of aromatic nitrogens is 1. The highest BCUT2D eigenvalue weighted by Crippen LogP contribution is 2.26. The summed E-state index contributed by atoms with van der Waals surface area (Å²) in [7, 11) is 0. The Morgan fingerprint density at radius 2 is 2.10 bits per heavy atom. The lowest BCUT2D eigenvalue weighted by molar-refractivity contribution is -0.383. The Morgan fingerprint density at radius 3 is 2.80 bits per heavy atom. The summed E-state index contributed by atoms with van der Waals surface area (Å²) in [5.41, 5.74) is 0.819. The van der Waals surface area contributed by atoms with E-state index in [1.54, 1.807) is 12.1 Å². The van der Waals surface area contributed by atoms with Gasteiger partial charge in [-0.3, -0.25) is 10.1 Å². The van der Waals surface area contributed by atoms with Gasteiger partial charge in [0.15, 0.2) is 0 Å². The van der Waals surface area contributed by atoms with Crippen molar-refractivity contribution in [2.24, 2.45) is 5.92 Å². The van der Waals surface area contributed by atoms with Crippen LogP contribution >= 0.6 is 0 Å². The van der Waals surface area contributed by atoms with E-state index in [2.05, 4.69) is 13.8 Å². The normalized spacial score (nSPS) is 11.3. The lowest BCUT2D eigenvalue weighted by atomic mass is 10.1. The van der Waals surface area contributed by atoms with Crippen molar-refractivity contribution in [1.82, 2.24) is 4.57 Å². The number of para-hydroxylation sites is 1. The summed E-state index contributed by atoms with van der Waals surface area (Å²) in [6.45, 7) is 6.26. The van der Waals surface area contributed by atoms with E-state index in [9.17, 15) is 10.1 Å². The first-order chi connectivity index (χ1) is 9.59. The molecule has 1 aromatic carbocycles. The van der Waals surface area contributed by atoms with Crippen LogP contribution in [0, 0.1) is 16.0 Å². The first-order valence-corrected chi connectivity index (χ1v) is 6.89. The Bertz CT molecular complexity index is 590. The van der Waals surface area contributed by atoms with Crippen LogP contribution in [-0.2, 0) is 11.3 Å². The van der Waals surface area contributed by atoms with Crippen molar-refractivity contribution < 1.29 is 9.66 Å². The fourth-order valence-electron chi connectivity index (χ4n) is 2.16. The van der Waals surface area contributed by atoms with Gasteiger partial charge in [-0.1, -0.05) is 26.0 Å². The molecule has 0 saturated carbocycles. The molecule has 2 aromatic rings. The number of non-ortho nitro benzene ring substituents is 1. The van der Waals surface area contributed by atoms with E-state index < -0.39 is 0 Å². The van der Waals surface area contributed by atoms with Crippen molar-refractivity contribution in [3.8, 4) is 0 Å². The Morgan fingerprint density at radius 1 is 1.30 bits per heavy atom. The summed E-state index contributed by atoms with van der Waals surface area (Å²) in [6, 6.07) is 7.04. The zero-order valence-corrected chi connectivity index (χ0v) is 11.9. The lowest BCUT2D eigenvalue weighted by Gasteiger charge is -2.08. The SMILES string of the molecule is CC(C)CCOCCn1ccc2cccc([N+](=O)[O-])c21. The van der Waals surface area contributed by atoms with Crippen molar-refractivity contribution in [3.63, 3.8) is 0 Å². The van der Waals surface area contributed by atoms with Crippen LogP contribution in [-0.4, -0.2) is 22.7 Å². The molecule has 0 fully saturated rings. The van der Waals surface area contributed by atoms with Gasteiger partial charge in [0.05, 0.1) is 11.5 Å². The standard InChI is InChI=1S/C15H20N2O3/c1-12(2)7-10-20-11-9-16-8-6-13-4-3-5-14(15(13)16)17(18)19/h3-6,8,12H,7,9-11H2,1-2H3. The highest BCUT2D eigenvalue weighted by atomic mass is 16.6. The van der Waals surface area contributed by atoms with E-state index in [4.69, 9.17) is 4.74 Å². The Kier molecular flexibility index (Phi) is 4.74. The van der Waals surface area contributed by atoms with E-state index in [0.29, 0.717) is 24.6 Å². The van der Waals surface area contributed by atoms with Crippen LogP contribution < -0.4 is 0 Å². The third kappa shape index (κ3) is 3.36. The predicted molar refractivity (Wildman–Crippen MR) is 78.9 cm³/mol. The molecule has 5 heteroatoms. The third-order valence-electron chi connectivity index (χ3n) is 3.28. The smallest absolute Gasteiger partial charge is 0.293 e. The molecular weight excluding hydrogens is 256 g/mol. The Hall–Kier alpha value is -1.88. The number of rotatable bonds is 7. The monoisotopic (exact) mass is 276 g/mol. The number of nitrogens with zero attached hydrogens (tertiary/aromatic N) is 2. The Balaban J connectivity index is 2.05. The van der Waals surface area contributed by atoms with Crippen LogP contribution in [0.3, 0.4) is 0 Å². The number of nitro benzene ring substituents is 1. The van der Waals surface area contributed by atoms with Gasteiger partial charge in [-0.2, -0.15) is 0 Å². The van der Waals surface area contributed by atoms with Crippen LogP contribution in [0.25, 0.3) is 10.9 Å². The number of ether oxygens (including phenoxy) is 1. The molecule has 0 aliphatic rings. The van der Waals surface area contributed by atoms with Crippen molar-refractivity contribution >= 4 is 16.6 Å². The number of fused-ring (bicyclic) bond motifs is 1. The van der Waals surface area contributed by atoms with Crippen molar-refractivity contribution in [1.29, 1.82) is 0 Å². The topological polar surface area (TPSA) is 57.3 Å². The quantitative estimate of drug-likeness (QED) is 0.441. The van der Waals surface area contributed by atoms with E-state index in [1.807, 2.05) is 22.9 Å². The van der Waals surface area contributed by atoms with E-state index >= 15 is 0 Å². The van der Waals surface area contributed by atoms with E-state index in [0.717, 1.165) is 18.4 Å². The van der Waals surface area contributed by atoms with Crippen molar-refractivity contribution in [2.45, 2.75) is 26.8 Å². The van der Waals surface area contributed by atoms with Gasteiger partial charge >= 0.3 is 0 Å². The van der Waals surface area contributed by atoms with E-state index in [1.165, 1.54) is 0 Å². The summed E-state index contributed by atoms with van der Waals surface area (Å²) in [6.07, 6.45) is 2.91. The largest absolute Gasteiger partial charge is 0.380 e. The molecule has 0 aliphatic carbocycles. The van der Waals surface area contributed by atoms with Gasteiger partial charge in [-0.05, 0) is 18.4 Å². The second-order valence-corrected chi connectivity index (χ2v) is 5.28. The highest BCUT2D eigenvalue weighted by Gasteiger charge is 2.14. The second kappa shape index (κ2) is 6.52. The van der Waals surface area contributed by atoms with Crippen LogP contribution in [0.15, 0.2) is 30.5 Å². The molecule has 0 atom stereocenters. The van der Waals surface area contributed by atoms with Gasteiger partial charge in [0, 0.05) is 30.8 Å². The molecule has 0 bridgehead atoms. The predicted octanol–water partition coefficient (Wildman–Crippen LogP) is 3.61. The maximum Gasteiger partial charge on any atom is 0.293 e. The van der Waals surface area contributed by atoms with E-state index in [-0.39, 0.29) is 10.6 Å².